The van der Waals surface area contributed by atoms with Gasteiger partial charge in [0.2, 0.25) is 5.91 Å². The Hall–Kier alpha value is -2.67. The molecule has 0 bridgehead atoms. The molecule has 0 saturated carbocycles. The Morgan fingerprint density at radius 1 is 1.25 bits per heavy atom. The van der Waals surface area contributed by atoms with E-state index in [1.807, 2.05) is 24.3 Å². The molecule has 20 heavy (non-hydrogen) atoms. The zero-order valence-corrected chi connectivity index (χ0v) is 10.7. The number of nitrogens with one attached hydrogen (secondary N) is 1. The van der Waals surface area contributed by atoms with Crippen LogP contribution >= 0.6 is 0 Å². The van der Waals surface area contributed by atoms with E-state index >= 15 is 0 Å². The van der Waals surface area contributed by atoms with Gasteiger partial charge in [-0.3, -0.25) is 19.7 Å². The Balaban J connectivity index is 2.19. The Labute approximate surface area is 115 Å². The SMILES string of the molecule is NNC(=O)Cc1ccccc1Cn1cc(C(N)=O)cn1. The Morgan fingerprint density at radius 3 is 2.55 bits per heavy atom. The summed E-state index contributed by atoms with van der Waals surface area (Å²) in [4.78, 5) is 22.4. The van der Waals surface area contributed by atoms with E-state index in [0.29, 0.717) is 12.1 Å². The van der Waals surface area contributed by atoms with Gasteiger partial charge in [0.25, 0.3) is 5.91 Å². The number of amides is 2. The topological polar surface area (TPSA) is 116 Å². The molecule has 0 atom stereocenters. The predicted octanol–water partition coefficient (Wildman–Crippen LogP) is -0.437. The van der Waals surface area contributed by atoms with Crippen molar-refractivity contribution in [1.29, 1.82) is 0 Å². The zero-order chi connectivity index (χ0) is 14.5. The lowest BCUT2D eigenvalue weighted by Gasteiger charge is -2.08. The molecule has 0 fully saturated rings. The smallest absolute Gasteiger partial charge is 0.251 e. The fourth-order valence-electron chi connectivity index (χ4n) is 1.86. The van der Waals surface area contributed by atoms with Crippen LogP contribution in [0.15, 0.2) is 36.7 Å². The highest BCUT2D eigenvalue weighted by molar-refractivity contribution is 5.92. The first-order chi connectivity index (χ1) is 9.60. The van der Waals surface area contributed by atoms with Crippen LogP contribution in [-0.2, 0) is 17.8 Å². The number of nitrogens with zero attached hydrogens (tertiary/aromatic N) is 2. The van der Waals surface area contributed by atoms with Crippen molar-refractivity contribution in [3.05, 3.63) is 53.3 Å². The van der Waals surface area contributed by atoms with E-state index in [2.05, 4.69) is 10.5 Å². The summed E-state index contributed by atoms with van der Waals surface area (Å²) < 4.78 is 1.60. The van der Waals surface area contributed by atoms with Gasteiger partial charge in [-0.2, -0.15) is 5.10 Å². The van der Waals surface area contributed by atoms with Gasteiger partial charge < -0.3 is 5.73 Å². The van der Waals surface area contributed by atoms with Gasteiger partial charge in [0.05, 0.1) is 24.7 Å². The van der Waals surface area contributed by atoms with Crippen molar-refractivity contribution in [2.75, 3.05) is 0 Å². The van der Waals surface area contributed by atoms with Gasteiger partial charge in [0, 0.05) is 6.20 Å². The molecule has 1 aromatic carbocycles. The van der Waals surface area contributed by atoms with Crippen LogP contribution in [0.3, 0.4) is 0 Å². The second kappa shape index (κ2) is 5.98. The molecule has 0 aliphatic carbocycles. The highest BCUT2D eigenvalue weighted by Crippen LogP contribution is 2.11. The molecular weight excluding hydrogens is 258 g/mol. The van der Waals surface area contributed by atoms with E-state index in [0.717, 1.165) is 11.1 Å². The Morgan fingerprint density at radius 2 is 1.95 bits per heavy atom. The number of hydrogen-bond acceptors (Lipinski definition) is 4. The molecule has 2 rings (SSSR count). The molecule has 5 N–H and O–H groups in total. The van der Waals surface area contributed by atoms with Gasteiger partial charge in [0.15, 0.2) is 0 Å². The second-order valence-electron chi connectivity index (χ2n) is 4.30. The molecule has 0 radical (unpaired) electrons. The first-order valence-electron chi connectivity index (χ1n) is 5.98. The van der Waals surface area contributed by atoms with Crippen LogP contribution in [-0.4, -0.2) is 21.6 Å². The second-order valence-corrected chi connectivity index (χ2v) is 4.30. The normalized spacial score (nSPS) is 10.2. The summed E-state index contributed by atoms with van der Waals surface area (Å²) in [5.74, 6) is 4.30. The zero-order valence-electron chi connectivity index (χ0n) is 10.7. The number of hydrogen-bond donors (Lipinski definition) is 3. The predicted molar refractivity (Wildman–Crippen MR) is 72.3 cm³/mol. The first-order valence-corrected chi connectivity index (χ1v) is 5.98. The van der Waals surface area contributed by atoms with Crippen molar-refractivity contribution in [3.63, 3.8) is 0 Å². The van der Waals surface area contributed by atoms with Gasteiger partial charge >= 0.3 is 0 Å². The molecule has 1 aromatic heterocycles. The molecule has 2 aromatic rings. The van der Waals surface area contributed by atoms with Crippen LogP contribution in [0, 0.1) is 0 Å². The quantitative estimate of drug-likeness (QED) is 0.389. The van der Waals surface area contributed by atoms with E-state index < -0.39 is 5.91 Å². The third kappa shape index (κ3) is 3.21. The van der Waals surface area contributed by atoms with E-state index in [-0.39, 0.29) is 12.3 Å². The molecule has 0 saturated heterocycles. The number of primary amides is 1. The summed E-state index contributed by atoms with van der Waals surface area (Å²) in [5.41, 5.74) is 9.40. The van der Waals surface area contributed by atoms with Gasteiger partial charge in [0.1, 0.15) is 0 Å². The lowest BCUT2D eigenvalue weighted by Crippen LogP contribution is -2.31. The highest BCUT2D eigenvalue weighted by Gasteiger charge is 2.09. The molecule has 2 amide bonds. The van der Waals surface area contributed by atoms with Crippen LogP contribution in [0.5, 0.6) is 0 Å². The molecule has 7 heteroatoms. The third-order valence-electron chi connectivity index (χ3n) is 2.88. The van der Waals surface area contributed by atoms with Crippen LogP contribution in [0.2, 0.25) is 0 Å². The summed E-state index contributed by atoms with van der Waals surface area (Å²) in [6.45, 7) is 0.446. The van der Waals surface area contributed by atoms with E-state index in [9.17, 15) is 9.59 Å². The summed E-state index contributed by atoms with van der Waals surface area (Å²) in [6, 6.07) is 7.46. The monoisotopic (exact) mass is 273 g/mol. The molecule has 0 unspecified atom stereocenters. The maximum absolute atomic E-state index is 11.4. The first kappa shape index (κ1) is 13.8. The third-order valence-corrected chi connectivity index (χ3v) is 2.88. The maximum atomic E-state index is 11.4. The Kier molecular flexibility index (Phi) is 4.11. The number of aromatic nitrogens is 2. The molecule has 0 spiro atoms. The van der Waals surface area contributed by atoms with Crippen molar-refractivity contribution >= 4 is 11.8 Å². The van der Waals surface area contributed by atoms with Crippen LogP contribution in [0.1, 0.15) is 21.5 Å². The number of nitrogens with two attached hydrogens (primary N) is 2. The van der Waals surface area contributed by atoms with Gasteiger partial charge in [-0.25, -0.2) is 5.84 Å². The summed E-state index contributed by atoms with van der Waals surface area (Å²) >= 11 is 0. The minimum atomic E-state index is -0.521. The average Bonchev–Trinajstić information content (AvgIpc) is 2.89. The van der Waals surface area contributed by atoms with E-state index in [4.69, 9.17) is 11.6 Å². The maximum Gasteiger partial charge on any atom is 0.251 e. The van der Waals surface area contributed by atoms with Gasteiger partial charge in [-0.05, 0) is 11.1 Å². The van der Waals surface area contributed by atoms with Crippen LogP contribution in [0.25, 0.3) is 0 Å². The molecule has 7 nitrogen and oxygen atoms in total. The number of hydrazine groups is 1. The van der Waals surface area contributed by atoms with Crippen molar-refractivity contribution in [2.45, 2.75) is 13.0 Å². The number of carbonyl (C=O) groups is 2. The standard InChI is InChI=1S/C13H15N5O2/c14-13(20)11-6-16-18(8-11)7-10-4-2-1-3-9(10)5-12(19)17-15/h1-4,6,8H,5,7,15H2,(H2,14,20)(H,17,19). The lowest BCUT2D eigenvalue weighted by atomic mass is 10.0. The van der Waals surface area contributed by atoms with E-state index in [1.165, 1.54) is 6.20 Å². The molecule has 0 aliphatic rings. The minimum Gasteiger partial charge on any atom is -0.366 e. The number of rotatable bonds is 5. The lowest BCUT2D eigenvalue weighted by molar-refractivity contribution is -0.120. The van der Waals surface area contributed by atoms with E-state index in [1.54, 1.807) is 10.9 Å². The van der Waals surface area contributed by atoms with Crippen molar-refractivity contribution in [1.82, 2.24) is 15.2 Å². The van der Waals surface area contributed by atoms with Gasteiger partial charge in [-0.15, -0.1) is 0 Å². The number of carbonyl (C=O) groups excluding carboxylic acids is 2. The van der Waals surface area contributed by atoms with Crippen LogP contribution in [0.4, 0.5) is 0 Å². The fourth-order valence-corrected chi connectivity index (χ4v) is 1.86. The van der Waals surface area contributed by atoms with Crippen molar-refractivity contribution in [2.24, 2.45) is 11.6 Å². The van der Waals surface area contributed by atoms with Crippen molar-refractivity contribution in [3.8, 4) is 0 Å². The summed E-state index contributed by atoms with van der Waals surface area (Å²) in [5, 5.41) is 4.06. The fraction of sp³-hybridized carbons (Fsp3) is 0.154. The van der Waals surface area contributed by atoms with Gasteiger partial charge in [-0.1, -0.05) is 24.3 Å². The molecule has 1 heterocycles. The molecular formula is C13H15N5O2. The van der Waals surface area contributed by atoms with Crippen molar-refractivity contribution < 1.29 is 9.59 Å². The summed E-state index contributed by atoms with van der Waals surface area (Å²) in [6.07, 6.45) is 3.18. The highest BCUT2D eigenvalue weighted by atomic mass is 16.2. The largest absolute Gasteiger partial charge is 0.366 e. The van der Waals surface area contributed by atoms with Crippen LogP contribution < -0.4 is 17.0 Å². The molecule has 0 aliphatic heterocycles. The summed E-state index contributed by atoms with van der Waals surface area (Å²) in [7, 11) is 0. The Bertz CT molecular complexity index is 635. The number of benzene rings is 1. The minimum absolute atomic E-state index is 0.191. The molecule has 104 valence electrons. The average molecular weight is 273 g/mol.